The van der Waals surface area contributed by atoms with E-state index in [9.17, 15) is 4.79 Å². The van der Waals surface area contributed by atoms with Crippen molar-refractivity contribution in [1.82, 2.24) is 4.98 Å². The van der Waals surface area contributed by atoms with Gasteiger partial charge in [0.25, 0.3) is 0 Å². The molecule has 1 aliphatic rings. The monoisotopic (exact) mass is 268 g/mol. The predicted molar refractivity (Wildman–Crippen MR) is 73.7 cm³/mol. The second-order valence-corrected chi connectivity index (χ2v) is 7.05. The Kier molecular flexibility index (Phi) is 3.23. The van der Waals surface area contributed by atoms with Gasteiger partial charge in [-0.3, -0.25) is 4.79 Å². The minimum Gasteiger partial charge on any atom is -0.366 e. The molecule has 0 radical (unpaired) electrons. The largest absolute Gasteiger partial charge is 0.366 e. The molecule has 18 heavy (non-hydrogen) atoms. The highest BCUT2D eigenvalue weighted by atomic mass is 32.1. The first kappa shape index (κ1) is 13.5. The van der Waals surface area contributed by atoms with Gasteiger partial charge in [0.05, 0.1) is 21.8 Å². The van der Waals surface area contributed by atoms with Crippen LogP contribution in [-0.2, 0) is 4.74 Å². The molecule has 0 aliphatic carbocycles. The van der Waals surface area contributed by atoms with Crippen molar-refractivity contribution in [3.05, 3.63) is 10.6 Å². The van der Waals surface area contributed by atoms with E-state index in [0.29, 0.717) is 4.88 Å². The zero-order valence-corrected chi connectivity index (χ0v) is 12.4. The molecule has 0 amide bonds. The van der Waals surface area contributed by atoms with Crippen molar-refractivity contribution in [2.75, 3.05) is 18.0 Å². The third kappa shape index (κ3) is 2.72. The first-order valence-corrected chi connectivity index (χ1v) is 6.92. The quantitative estimate of drug-likeness (QED) is 0.773. The molecule has 100 valence electrons. The van der Waals surface area contributed by atoms with Crippen LogP contribution in [-0.4, -0.2) is 35.6 Å². The zero-order chi connectivity index (χ0) is 13.6. The zero-order valence-electron chi connectivity index (χ0n) is 11.6. The number of rotatable bonds is 2. The highest BCUT2D eigenvalue weighted by molar-refractivity contribution is 7.17. The summed E-state index contributed by atoms with van der Waals surface area (Å²) in [6.07, 6.45) is 0.882. The van der Waals surface area contributed by atoms with Crippen LogP contribution in [0.25, 0.3) is 0 Å². The van der Waals surface area contributed by atoms with E-state index < -0.39 is 0 Å². The fourth-order valence-electron chi connectivity index (χ4n) is 2.56. The summed E-state index contributed by atoms with van der Waals surface area (Å²) < 4.78 is 6.04. The lowest BCUT2D eigenvalue weighted by molar-refractivity contribution is -0.133. The number of anilines is 1. The van der Waals surface area contributed by atoms with Gasteiger partial charge < -0.3 is 9.64 Å². The maximum Gasteiger partial charge on any atom is 0.186 e. The normalized spacial score (nSPS) is 21.9. The van der Waals surface area contributed by atoms with Gasteiger partial charge in [-0.15, -0.1) is 0 Å². The number of thiazole rings is 1. The van der Waals surface area contributed by atoms with Gasteiger partial charge in [0.1, 0.15) is 0 Å². The Labute approximate surface area is 112 Å². The third-order valence-electron chi connectivity index (χ3n) is 2.89. The molecule has 0 saturated carbocycles. The van der Waals surface area contributed by atoms with Crippen molar-refractivity contribution in [3.63, 3.8) is 0 Å². The fourth-order valence-corrected chi connectivity index (χ4v) is 3.44. The van der Waals surface area contributed by atoms with Gasteiger partial charge >= 0.3 is 0 Å². The van der Waals surface area contributed by atoms with Crippen LogP contribution in [0.15, 0.2) is 0 Å². The molecule has 4 nitrogen and oxygen atoms in total. The minimum atomic E-state index is -0.206. The Bertz CT molecular complexity index is 450. The first-order chi connectivity index (χ1) is 8.22. The molecule has 0 unspecified atom stereocenters. The van der Waals surface area contributed by atoms with Crippen LogP contribution in [0.2, 0.25) is 0 Å². The van der Waals surface area contributed by atoms with Gasteiger partial charge in [-0.1, -0.05) is 11.3 Å². The van der Waals surface area contributed by atoms with Crippen LogP contribution < -0.4 is 4.90 Å². The van der Waals surface area contributed by atoms with Gasteiger partial charge in [0, 0.05) is 13.1 Å². The van der Waals surface area contributed by atoms with Crippen LogP contribution in [0.3, 0.4) is 0 Å². The molecule has 0 spiro atoms. The first-order valence-electron chi connectivity index (χ1n) is 6.10. The molecule has 0 N–H and O–H groups in total. The summed E-state index contributed by atoms with van der Waals surface area (Å²) in [5.74, 6) is 0. The summed E-state index contributed by atoms with van der Waals surface area (Å²) >= 11 is 1.46. The molecule has 0 aromatic carbocycles. The summed E-state index contributed by atoms with van der Waals surface area (Å²) in [4.78, 5) is 18.3. The maximum atomic E-state index is 10.9. The van der Waals surface area contributed by atoms with E-state index in [1.54, 1.807) is 0 Å². The molecule has 0 atom stereocenters. The van der Waals surface area contributed by atoms with Gasteiger partial charge in [-0.05, 0) is 34.6 Å². The molecule has 2 rings (SSSR count). The van der Waals surface area contributed by atoms with E-state index in [2.05, 4.69) is 37.6 Å². The minimum absolute atomic E-state index is 0.206. The van der Waals surface area contributed by atoms with Crippen LogP contribution in [0.5, 0.6) is 0 Å². The number of carbonyl (C=O) groups is 1. The fraction of sp³-hybridized carbons (Fsp3) is 0.692. The Morgan fingerprint density at radius 1 is 1.28 bits per heavy atom. The molecule has 2 heterocycles. The number of carbonyl (C=O) groups excluding carboxylic acids is 1. The summed E-state index contributed by atoms with van der Waals surface area (Å²) in [6.45, 7) is 11.8. The Hall–Kier alpha value is -0.940. The number of hydrogen-bond acceptors (Lipinski definition) is 5. The molecular formula is C13H20N2O2S. The lowest BCUT2D eigenvalue weighted by Crippen LogP contribution is -2.57. The second-order valence-electron chi connectivity index (χ2n) is 6.04. The van der Waals surface area contributed by atoms with Crippen molar-refractivity contribution in [1.29, 1.82) is 0 Å². The summed E-state index contributed by atoms with van der Waals surface area (Å²) in [6, 6.07) is 0. The van der Waals surface area contributed by atoms with E-state index in [4.69, 9.17) is 4.74 Å². The van der Waals surface area contributed by atoms with Crippen molar-refractivity contribution in [3.8, 4) is 0 Å². The summed E-state index contributed by atoms with van der Waals surface area (Å²) in [5.41, 5.74) is 0.401. The van der Waals surface area contributed by atoms with Crippen molar-refractivity contribution in [2.45, 2.75) is 45.8 Å². The molecule has 5 heteroatoms. The van der Waals surface area contributed by atoms with Gasteiger partial charge in [0.15, 0.2) is 11.4 Å². The van der Waals surface area contributed by atoms with Crippen molar-refractivity contribution >= 4 is 22.8 Å². The number of hydrogen-bond donors (Lipinski definition) is 0. The number of aryl methyl sites for hydroxylation is 1. The average molecular weight is 268 g/mol. The number of nitrogens with zero attached hydrogens (tertiary/aromatic N) is 2. The summed E-state index contributed by atoms with van der Waals surface area (Å²) in [7, 11) is 0. The van der Waals surface area contributed by atoms with Crippen LogP contribution in [0.1, 0.15) is 43.1 Å². The lowest BCUT2D eigenvalue weighted by Gasteiger charge is -2.47. The van der Waals surface area contributed by atoms with Crippen molar-refractivity contribution < 1.29 is 9.53 Å². The predicted octanol–water partition coefficient (Wildman–Crippen LogP) is 2.66. The molecule has 1 aromatic rings. The standard InChI is InChI=1S/C13H20N2O2S/c1-9-10(6-16)18-11(14-9)15-7-12(2,3)17-13(4,5)8-15/h6H,7-8H2,1-5H3. The smallest absolute Gasteiger partial charge is 0.186 e. The molecule has 1 aliphatic heterocycles. The second kappa shape index (κ2) is 4.31. The Morgan fingerprint density at radius 2 is 1.83 bits per heavy atom. The highest BCUT2D eigenvalue weighted by Gasteiger charge is 2.39. The van der Waals surface area contributed by atoms with Crippen LogP contribution in [0.4, 0.5) is 5.13 Å². The van der Waals surface area contributed by atoms with Gasteiger partial charge in [0.2, 0.25) is 0 Å². The third-order valence-corrected chi connectivity index (χ3v) is 4.04. The molecule has 1 saturated heterocycles. The van der Waals surface area contributed by atoms with Crippen molar-refractivity contribution in [2.24, 2.45) is 0 Å². The maximum absolute atomic E-state index is 10.9. The lowest BCUT2D eigenvalue weighted by atomic mass is 9.99. The number of ether oxygens (including phenoxy) is 1. The van der Waals surface area contributed by atoms with Crippen LogP contribution in [0, 0.1) is 6.92 Å². The highest BCUT2D eigenvalue weighted by Crippen LogP contribution is 2.33. The van der Waals surface area contributed by atoms with E-state index >= 15 is 0 Å². The Morgan fingerprint density at radius 3 is 2.28 bits per heavy atom. The topological polar surface area (TPSA) is 42.4 Å². The van der Waals surface area contributed by atoms with Gasteiger partial charge in [-0.2, -0.15) is 0 Å². The summed E-state index contributed by atoms with van der Waals surface area (Å²) in [5, 5.41) is 0.916. The number of aromatic nitrogens is 1. The van der Waals surface area contributed by atoms with Gasteiger partial charge in [-0.25, -0.2) is 4.98 Å². The van der Waals surface area contributed by atoms with E-state index in [1.165, 1.54) is 11.3 Å². The number of morpholine rings is 1. The molecular weight excluding hydrogens is 248 g/mol. The van der Waals surface area contributed by atoms with E-state index in [1.807, 2.05) is 6.92 Å². The van der Waals surface area contributed by atoms with E-state index in [-0.39, 0.29) is 11.2 Å². The van der Waals surface area contributed by atoms with Crippen LogP contribution >= 0.6 is 11.3 Å². The molecule has 1 fully saturated rings. The Balaban J connectivity index is 2.29. The molecule has 0 bridgehead atoms. The van der Waals surface area contributed by atoms with E-state index in [0.717, 1.165) is 30.2 Å². The number of aldehydes is 1. The average Bonchev–Trinajstić information content (AvgIpc) is 2.55. The SMILES string of the molecule is Cc1nc(N2CC(C)(C)OC(C)(C)C2)sc1C=O. The molecule has 1 aromatic heterocycles.